The first kappa shape index (κ1) is 13.0. The van der Waals surface area contributed by atoms with Gasteiger partial charge in [-0.25, -0.2) is 4.79 Å². The van der Waals surface area contributed by atoms with E-state index in [9.17, 15) is 14.7 Å². The van der Waals surface area contributed by atoms with E-state index in [0.29, 0.717) is 19.0 Å². The maximum absolute atomic E-state index is 11.4. The Hall–Kier alpha value is -1.10. The number of carboxylic acid groups (broad SMARTS) is 1. The van der Waals surface area contributed by atoms with Gasteiger partial charge >= 0.3 is 5.97 Å². The molecule has 1 aliphatic rings. The summed E-state index contributed by atoms with van der Waals surface area (Å²) >= 11 is 0. The molecule has 0 aliphatic carbocycles. The molecule has 1 atom stereocenters. The van der Waals surface area contributed by atoms with Crippen LogP contribution in [0.5, 0.6) is 0 Å². The van der Waals surface area contributed by atoms with Gasteiger partial charge in [0.05, 0.1) is 0 Å². The zero-order chi connectivity index (χ0) is 12.5. The first-order valence-electron chi connectivity index (χ1n) is 5.53. The number of hydrogen-bond donors (Lipinski definition) is 1. The van der Waals surface area contributed by atoms with Crippen LogP contribution in [-0.2, 0) is 9.59 Å². The maximum atomic E-state index is 11.4. The van der Waals surface area contributed by atoms with E-state index < -0.39 is 11.5 Å². The van der Waals surface area contributed by atoms with Crippen molar-refractivity contribution in [2.45, 2.75) is 38.8 Å². The fourth-order valence-corrected chi connectivity index (χ4v) is 2.16. The predicted molar refractivity (Wildman–Crippen MR) is 60.1 cm³/mol. The van der Waals surface area contributed by atoms with Crippen molar-refractivity contribution in [1.82, 2.24) is 9.80 Å². The largest absolute Gasteiger partial charge is 0.479 e. The minimum atomic E-state index is -1.05. The summed E-state index contributed by atoms with van der Waals surface area (Å²) in [7, 11) is 1.57. The van der Waals surface area contributed by atoms with Crippen molar-refractivity contribution >= 4 is 11.9 Å². The van der Waals surface area contributed by atoms with E-state index in [1.807, 2.05) is 13.8 Å². The predicted octanol–water partition coefficient (Wildman–Crippen LogP) is 0.402. The molecule has 16 heavy (non-hydrogen) atoms. The molecule has 0 radical (unpaired) electrons. The number of carboxylic acids is 1. The van der Waals surface area contributed by atoms with E-state index in [0.717, 1.165) is 6.54 Å². The highest BCUT2D eigenvalue weighted by atomic mass is 16.4. The topological polar surface area (TPSA) is 60.9 Å². The summed E-state index contributed by atoms with van der Waals surface area (Å²) < 4.78 is 0. The van der Waals surface area contributed by atoms with Crippen molar-refractivity contribution in [1.29, 1.82) is 0 Å². The van der Waals surface area contributed by atoms with Crippen LogP contribution in [0.2, 0.25) is 0 Å². The summed E-state index contributed by atoms with van der Waals surface area (Å²) in [5, 5.41) is 9.36. The molecule has 0 aromatic heterocycles. The normalized spacial score (nSPS) is 26.1. The van der Waals surface area contributed by atoms with Crippen LogP contribution in [-0.4, -0.2) is 58.5 Å². The van der Waals surface area contributed by atoms with Crippen LogP contribution in [0.4, 0.5) is 0 Å². The molecule has 1 amide bonds. The molecular weight excluding hydrogens is 208 g/mol. The third-order valence-corrected chi connectivity index (χ3v) is 3.52. The number of amides is 1. The lowest BCUT2D eigenvalue weighted by Gasteiger charge is -2.34. The smallest absolute Gasteiger partial charge is 0.331 e. The van der Waals surface area contributed by atoms with Crippen LogP contribution >= 0.6 is 0 Å². The Kier molecular flexibility index (Phi) is 3.57. The van der Waals surface area contributed by atoms with Gasteiger partial charge in [-0.1, -0.05) is 0 Å². The van der Waals surface area contributed by atoms with Crippen LogP contribution in [0.15, 0.2) is 0 Å². The fourth-order valence-electron chi connectivity index (χ4n) is 2.16. The molecule has 1 heterocycles. The molecule has 5 nitrogen and oxygen atoms in total. The van der Waals surface area contributed by atoms with Crippen molar-refractivity contribution in [3.8, 4) is 0 Å². The lowest BCUT2D eigenvalue weighted by molar-refractivity contribution is -0.156. The van der Waals surface area contributed by atoms with Gasteiger partial charge in [-0.3, -0.25) is 9.69 Å². The second kappa shape index (κ2) is 4.41. The van der Waals surface area contributed by atoms with Gasteiger partial charge in [0.25, 0.3) is 0 Å². The molecule has 1 rings (SSSR count). The van der Waals surface area contributed by atoms with Crippen LogP contribution in [0, 0.1) is 0 Å². The second-order valence-corrected chi connectivity index (χ2v) is 4.73. The van der Waals surface area contributed by atoms with E-state index in [1.54, 1.807) is 7.05 Å². The first-order chi connectivity index (χ1) is 7.31. The zero-order valence-electron chi connectivity index (χ0n) is 10.4. The number of likely N-dealkylation sites (N-methyl/N-ethyl adjacent to an activating group) is 1. The monoisotopic (exact) mass is 228 g/mol. The first-order valence-corrected chi connectivity index (χ1v) is 5.53. The number of nitrogens with zero attached hydrogens (tertiary/aromatic N) is 2. The van der Waals surface area contributed by atoms with Crippen molar-refractivity contribution < 1.29 is 14.7 Å². The van der Waals surface area contributed by atoms with E-state index in [2.05, 4.69) is 4.90 Å². The maximum Gasteiger partial charge on any atom is 0.331 e. The Bertz CT molecular complexity index is 304. The highest BCUT2D eigenvalue weighted by Gasteiger charge is 2.49. The molecule has 1 aliphatic heterocycles. The van der Waals surface area contributed by atoms with Gasteiger partial charge in [-0.05, 0) is 20.3 Å². The SMILES string of the molecule is CC(=O)N(C)C1(C(=O)O)CCN(C(C)C)C1. The summed E-state index contributed by atoms with van der Waals surface area (Å²) in [6, 6.07) is 0.307. The van der Waals surface area contributed by atoms with Crippen molar-refractivity contribution in [3.05, 3.63) is 0 Å². The number of rotatable bonds is 3. The Balaban J connectivity index is 2.93. The van der Waals surface area contributed by atoms with Crippen molar-refractivity contribution in [3.63, 3.8) is 0 Å². The van der Waals surface area contributed by atoms with Crippen LogP contribution in [0.25, 0.3) is 0 Å². The highest BCUT2D eigenvalue weighted by molar-refractivity contribution is 5.86. The van der Waals surface area contributed by atoms with E-state index in [-0.39, 0.29) is 5.91 Å². The molecular formula is C11H20N2O3. The molecule has 92 valence electrons. The number of carbonyl (C=O) groups is 2. The number of carbonyl (C=O) groups excluding carboxylic acids is 1. The standard InChI is InChI=1S/C11H20N2O3/c1-8(2)13-6-5-11(7-13,10(15)16)12(4)9(3)14/h8H,5-7H2,1-4H3,(H,15,16). The molecule has 0 aromatic carbocycles. The van der Waals surface area contributed by atoms with Gasteiger partial charge in [-0.15, -0.1) is 0 Å². The van der Waals surface area contributed by atoms with E-state index in [1.165, 1.54) is 11.8 Å². The van der Waals surface area contributed by atoms with Crippen LogP contribution in [0.1, 0.15) is 27.2 Å². The van der Waals surface area contributed by atoms with Gasteiger partial charge in [0.1, 0.15) is 0 Å². The second-order valence-electron chi connectivity index (χ2n) is 4.73. The lowest BCUT2D eigenvalue weighted by atomic mass is 9.96. The number of aliphatic carboxylic acids is 1. The van der Waals surface area contributed by atoms with Crippen LogP contribution in [0.3, 0.4) is 0 Å². The Labute approximate surface area is 96.0 Å². The van der Waals surface area contributed by atoms with Crippen molar-refractivity contribution in [2.24, 2.45) is 0 Å². The Morgan fingerprint density at radius 3 is 2.31 bits per heavy atom. The quantitative estimate of drug-likeness (QED) is 0.759. The van der Waals surface area contributed by atoms with Gasteiger partial charge in [0, 0.05) is 33.1 Å². The Morgan fingerprint density at radius 2 is 2.00 bits per heavy atom. The molecule has 0 spiro atoms. The van der Waals surface area contributed by atoms with Crippen molar-refractivity contribution in [2.75, 3.05) is 20.1 Å². The summed E-state index contributed by atoms with van der Waals surface area (Å²) in [4.78, 5) is 26.2. The van der Waals surface area contributed by atoms with Gasteiger partial charge in [0.2, 0.25) is 5.91 Å². The molecule has 1 saturated heterocycles. The molecule has 0 aromatic rings. The minimum Gasteiger partial charge on any atom is -0.479 e. The third-order valence-electron chi connectivity index (χ3n) is 3.52. The molecule has 1 N–H and O–H groups in total. The Morgan fingerprint density at radius 1 is 1.44 bits per heavy atom. The van der Waals surface area contributed by atoms with Gasteiger partial charge in [0.15, 0.2) is 5.54 Å². The van der Waals surface area contributed by atoms with Crippen LogP contribution < -0.4 is 0 Å². The summed E-state index contributed by atoms with van der Waals surface area (Å²) in [5.41, 5.74) is -1.05. The van der Waals surface area contributed by atoms with Gasteiger partial charge in [-0.2, -0.15) is 0 Å². The summed E-state index contributed by atoms with van der Waals surface area (Å²) in [6.45, 7) is 6.61. The molecule has 0 saturated carbocycles. The average molecular weight is 228 g/mol. The molecule has 1 unspecified atom stereocenters. The minimum absolute atomic E-state index is 0.201. The molecule has 5 heteroatoms. The highest BCUT2D eigenvalue weighted by Crippen LogP contribution is 2.28. The van der Waals surface area contributed by atoms with E-state index in [4.69, 9.17) is 0 Å². The molecule has 0 bridgehead atoms. The average Bonchev–Trinajstić information content (AvgIpc) is 2.62. The third kappa shape index (κ3) is 2.04. The number of likely N-dealkylation sites (tertiary alicyclic amines) is 1. The van der Waals surface area contributed by atoms with Gasteiger partial charge < -0.3 is 10.0 Å². The van der Waals surface area contributed by atoms with E-state index >= 15 is 0 Å². The lowest BCUT2D eigenvalue weighted by Crippen LogP contribution is -2.56. The number of hydrogen-bond acceptors (Lipinski definition) is 3. The fraction of sp³-hybridized carbons (Fsp3) is 0.818. The summed E-state index contributed by atoms with van der Waals surface area (Å²) in [5.74, 6) is -1.11. The summed E-state index contributed by atoms with van der Waals surface area (Å²) in [6.07, 6.45) is 0.497. The zero-order valence-corrected chi connectivity index (χ0v) is 10.4. The molecule has 1 fully saturated rings.